The van der Waals surface area contributed by atoms with Crippen LogP contribution in [0.15, 0.2) is 54.6 Å². The van der Waals surface area contributed by atoms with Gasteiger partial charge in [0.1, 0.15) is 42.1 Å². The SMILES string of the molecule is CCC(C)(C)OC(COC(=O)c1cc2cc(O)ccc2cc1O)COc1cccc(C(C)C)c1. The molecular formula is C28H34O6. The Bertz CT molecular complexity index is 1130. The number of phenols is 2. The van der Waals surface area contributed by atoms with Gasteiger partial charge in [-0.25, -0.2) is 4.79 Å². The minimum absolute atomic E-state index is 0.0251. The third-order valence-corrected chi connectivity index (χ3v) is 5.86. The maximum absolute atomic E-state index is 12.8. The zero-order valence-corrected chi connectivity index (χ0v) is 20.5. The quantitative estimate of drug-likeness (QED) is 0.347. The molecule has 0 spiro atoms. The lowest BCUT2D eigenvalue weighted by Crippen LogP contribution is -2.37. The number of hydrogen-bond acceptors (Lipinski definition) is 6. The van der Waals surface area contributed by atoms with E-state index in [1.54, 1.807) is 6.07 Å². The minimum Gasteiger partial charge on any atom is -0.508 e. The molecule has 0 aromatic heterocycles. The number of rotatable bonds is 10. The number of aromatic hydroxyl groups is 2. The van der Waals surface area contributed by atoms with Gasteiger partial charge in [0.2, 0.25) is 0 Å². The van der Waals surface area contributed by atoms with Crippen LogP contribution in [0.2, 0.25) is 0 Å². The molecule has 0 aliphatic carbocycles. The van der Waals surface area contributed by atoms with Crippen LogP contribution in [-0.4, -0.2) is 41.1 Å². The van der Waals surface area contributed by atoms with Gasteiger partial charge in [0.15, 0.2) is 0 Å². The summed E-state index contributed by atoms with van der Waals surface area (Å²) in [5, 5.41) is 21.4. The number of carbonyl (C=O) groups excluding carboxylic acids is 1. The van der Waals surface area contributed by atoms with Crippen LogP contribution in [0.1, 0.15) is 62.9 Å². The smallest absolute Gasteiger partial charge is 0.342 e. The van der Waals surface area contributed by atoms with Crippen molar-refractivity contribution in [1.82, 2.24) is 0 Å². The van der Waals surface area contributed by atoms with Crippen molar-refractivity contribution >= 4 is 16.7 Å². The molecule has 1 atom stereocenters. The number of esters is 1. The van der Waals surface area contributed by atoms with Gasteiger partial charge in [-0.05, 0) is 78.9 Å². The standard InChI is InChI=1S/C28H34O6/c1-6-28(4,5)34-24(16-32-23-9-7-8-19(13-23)18(2)3)17-33-27(31)25-14-21-12-22(29)11-10-20(21)15-26(25)30/h7-15,18,24,29-30H,6,16-17H2,1-5H3. The highest BCUT2D eigenvalue weighted by atomic mass is 16.6. The van der Waals surface area contributed by atoms with Crippen molar-refractivity contribution in [2.45, 2.75) is 58.7 Å². The minimum atomic E-state index is -0.674. The van der Waals surface area contributed by atoms with Crippen molar-refractivity contribution < 1.29 is 29.2 Å². The first-order chi connectivity index (χ1) is 16.1. The molecule has 0 amide bonds. The molecule has 0 radical (unpaired) electrons. The molecule has 2 N–H and O–H groups in total. The first-order valence-electron chi connectivity index (χ1n) is 11.6. The van der Waals surface area contributed by atoms with Gasteiger partial charge in [-0.15, -0.1) is 0 Å². The summed E-state index contributed by atoms with van der Waals surface area (Å²) in [6, 6.07) is 15.6. The summed E-state index contributed by atoms with van der Waals surface area (Å²) >= 11 is 0. The van der Waals surface area contributed by atoms with Crippen LogP contribution < -0.4 is 4.74 Å². The van der Waals surface area contributed by atoms with Crippen LogP contribution >= 0.6 is 0 Å². The van der Waals surface area contributed by atoms with Crippen molar-refractivity contribution in [3.8, 4) is 17.2 Å². The molecule has 0 saturated heterocycles. The molecular weight excluding hydrogens is 432 g/mol. The molecule has 0 aliphatic rings. The summed E-state index contributed by atoms with van der Waals surface area (Å²) in [4.78, 5) is 12.8. The van der Waals surface area contributed by atoms with E-state index in [0.717, 1.165) is 12.2 Å². The van der Waals surface area contributed by atoms with E-state index in [4.69, 9.17) is 14.2 Å². The lowest BCUT2D eigenvalue weighted by molar-refractivity contribution is -0.108. The summed E-state index contributed by atoms with van der Waals surface area (Å²) in [5.41, 5.74) is 0.772. The molecule has 34 heavy (non-hydrogen) atoms. The summed E-state index contributed by atoms with van der Waals surface area (Å²) < 4.78 is 17.7. The Labute approximate surface area is 201 Å². The fourth-order valence-electron chi connectivity index (χ4n) is 3.49. The third kappa shape index (κ3) is 6.64. The van der Waals surface area contributed by atoms with E-state index in [-0.39, 0.29) is 30.3 Å². The molecule has 3 aromatic carbocycles. The topological polar surface area (TPSA) is 85.2 Å². The fraction of sp³-hybridized carbons (Fsp3) is 0.393. The zero-order chi connectivity index (χ0) is 24.9. The largest absolute Gasteiger partial charge is 0.508 e. The highest BCUT2D eigenvalue weighted by Crippen LogP contribution is 2.28. The predicted octanol–water partition coefficient (Wildman–Crippen LogP) is 6.18. The lowest BCUT2D eigenvalue weighted by atomic mass is 10.0. The Kier molecular flexibility index (Phi) is 8.05. The van der Waals surface area contributed by atoms with Crippen LogP contribution in [-0.2, 0) is 9.47 Å². The average Bonchev–Trinajstić information content (AvgIpc) is 2.80. The van der Waals surface area contributed by atoms with Gasteiger partial charge < -0.3 is 24.4 Å². The van der Waals surface area contributed by atoms with Gasteiger partial charge in [-0.1, -0.05) is 39.0 Å². The number of hydrogen-bond donors (Lipinski definition) is 2. The van der Waals surface area contributed by atoms with Crippen molar-refractivity contribution in [3.05, 3.63) is 65.7 Å². The highest BCUT2D eigenvalue weighted by Gasteiger charge is 2.25. The maximum Gasteiger partial charge on any atom is 0.342 e. The number of ether oxygens (including phenoxy) is 3. The Morgan fingerprint density at radius 3 is 2.44 bits per heavy atom. The first kappa shape index (κ1) is 25.4. The average molecular weight is 467 g/mol. The van der Waals surface area contributed by atoms with Crippen LogP contribution in [0, 0.1) is 0 Å². The predicted molar refractivity (Wildman–Crippen MR) is 133 cm³/mol. The van der Waals surface area contributed by atoms with E-state index in [2.05, 4.69) is 19.9 Å². The molecule has 182 valence electrons. The number of benzene rings is 3. The summed E-state index contributed by atoms with van der Waals surface area (Å²) in [5.74, 6) is 0.328. The molecule has 6 nitrogen and oxygen atoms in total. The van der Waals surface area contributed by atoms with E-state index in [0.29, 0.717) is 16.7 Å². The van der Waals surface area contributed by atoms with Crippen LogP contribution in [0.3, 0.4) is 0 Å². The molecule has 6 heteroatoms. The Morgan fingerprint density at radius 1 is 0.971 bits per heavy atom. The van der Waals surface area contributed by atoms with E-state index in [1.165, 1.54) is 29.8 Å². The van der Waals surface area contributed by atoms with Crippen molar-refractivity contribution in [3.63, 3.8) is 0 Å². The second kappa shape index (κ2) is 10.8. The fourth-order valence-corrected chi connectivity index (χ4v) is 3.49. The van der Waals surface area contributed by atoms with Gasteiger partial charge in [0.25, 0.3) is 0 Å². The number of phenolic OH excluding ortho intramolecular Hbond substituents is 2. The number of carbonyl (C=O) groups is 1. The Morgan fingerprint density at radius 2 is 1.74 bits per heavy atom. The molecule has 1 unspecified atom stereocenters. The monoisotopic (exact) mass is 466 g/mol. The first-order valence-corrected chi connectivity index (χ1v) is 11.6. The third-order valence-electron chi connectivity index (χ3n) is 5.86. The Balaban J connectivity index is 1.72. The van der Waals surface area contributed by atoms with E-state index in [1.807, 2.05) is 39.0 Å². The highest BCUT2D eigenvalue weighted by molar-refractivity contribution is 5.98. The summed E-state index contributed by atoms with van der Waals surface area (Å²) in [6.45, 7) is 10.4. The van der Waals surface area contributed by atoms with Crippen LogP contribution in [0.5, 0.6) is 17.2 Å². The number of fused-ring (bicyclic) bond motifs is 1. The van der Waals surface area contributed by atoms with E-state index >= 15 is 0 Å². The second-order valence-corrected chi connectivity index (χ2v) is 9.39. The molecule has 3 rings (SSSR count). The van der Waals surface area contributed by atoms with Crippen molar-refractivity contribution in [1.29, 1.82) is 0 Å². The van der Waals surface area contributed by atoms with Gasteiger partial charge in [-0.2, -0.15) is 0 Å². The van der Waals surface area contributed by atoms with Crippen LogP contribution in [0.4, 0.5) is 0 Å². The van der Waals surface area contributed by atoms with E-state index in [9.17, 15) is 15.0 Å². The van der Waals surface area contributed by atoms with Crippen molar-refractivity contribution in [2.24, 2.45) is 0 Å². The summed E-state index contributed by atoms with van der Waals surface area (Å²) in [6.07, 6.45) is 0.267. The van der Waals surface area contributed by atoms with Crippen molar-refractivity contribution in [2.75, 3.05) is 13.2 Å². The zero-order valence-electron chi connectivity index (χ0n) is 20.5. The molecule has 0 fully saturated rings. The Hall–Kier alpha value is -3.25. The molecule has 0 heterocycles. The molecule has 0 bridgehead atoms. The van der Waals surface area contributed by atoms with E-state index < -0.39 is 17.7 Å². The lowest BCUT2D eigenvalue weighted by Gasteiger charge is -2.30. The van der Waals surface area contributed by atoms with Gasteiger partial charge in [-0.3, -0.25) is 0 Å². The van der Waals surface area contributed by atoms with Gasteiger partial charge in [0, 0.05) is 0 Å². The van der Waals surface area contributed by atoms with Gasteiger partial charge >= 0.3 is 5.97 Å². The molecule has 0 aliphatic heterocycles. The normalized spacial score (nSPS) is 12.6. The second-order valence-electron chi connectivity index (χ2n) is 9.39. The van der Waals surface area contributed by atoms with Gasteiger partial charge in [0.05, 0.1) is 5.60 Å². The van der Waals surface area contributed by atoms with Crippen LogP contribution in [0.25, 0.3) is 10.8 Å². The summed E-state index contributed by atoms with van der Waals surface area (Å²) in [7, 11) is 0. The maximum atomic E-state index is 12.8. The molecule has 0 saturated carbocycles. The molecule has 3 aromatic rings.